The van der Waals surface area contributed by atoms with Gasteiger partial charge >= 0.3 is 0 Å². The van der Waals surface area contributed by atoms with E-state index >= 15 is 0 Å². The van der Waals surface area contributed by atoms with Crippen molar-refractivity contribution in [2.75, 3.05) is 7.05 Å². The van der Waals surface area contributed by atoms with E-state index in [1.807, 2.05) is 43.6 Å². The molecule has 3 nitrogen and oxygen atoms in total. The third-order valence-corrected chi connectivity index (χ3v) is 3.46. The molecule has 0 aliphatic carbocycles. The number of hydrogen-bond acceptors (Lipinski definition) is 3. The lowest BCUT2D eigenvalue weighted by molar-refractivity contribution is 0.576. The van der Waals surface area contributed by atoms with Gasteiger partial charge in [0, 0.05) is 0 Å². The summed E-state index contributed by atoms with van der Waals surface area (Å²) in [6, 6.07) is 18.6. The molecule has 0 fully saturated rings. The molecule has 0 amide bonds. The molecule has 0 radical (unpaired) electrons. The maximum absolute atomic E-state index is 4.72. The minimum Gasteiger partial charge on any atom is -0.311 e. The zero-order valence-electron chi connectivity index (χ0n) is 11.5. The Morgan fingerprint density at radius 3 is 2.40 bits per heavy atom. The zero-order chi connectivity index (χ0) is 13.8. The number of nitrogens with zero attached hydrogens (tertiary/aromatic N) is 2. The Balaban J connectivity index is 1.91. The van der Waals surface area contributed by atoms with Crippen LogP contribution in [0.15, 0.2) is 60.8 Å². The number of fused-ring (bicyclic) bond motifs is 1. The third kappa shape index (κ3) is 2.68. The summed E-state index contributed by atoms with van der Waals surface area (Å²) < 4.78 is 0. The molecule has 0 saturated heterocycles. The summed E-state index contributed by atoms with van der Waals surface area (Å²) in [5.74, 6) is 0. The smallest absolute Gasteiger partial charge is 0.0890 e. The van der Waals surface area contributed by atoms with Gasteiger partial charge in [-0.2, -0.15) is 0 Å². The van der Waals surface area contributed by atoms with E-state index < -0.39 is 0 Å². The predicted octanol–water partition coefficient (Wildman–Crippen LogP) is 3.13. The largest absolute Gasteiger partial charge is 0.311 e. The zero-order valence-corrected chi connectivity index (χ0v) is 11.5. The van der Waals surface area contributed by atoms with Crippen LogP contribution < -0.4 is 5.32 Å². The van der Waals surface area contributed by atoms with Gasteiger partial charge in [0.2, 0.25) is 0 Å². The van der Waals surface area contributed by atoms with Crippen LogP contribution in [0.1, 0.15) is 17.3 Å². The molecule has 1 N–H and O–H groups in total. The van der Waals surface area contributed by atoms with Crippen LogP contribution in [-0.2, 0) is 6.42 Å². The fourth-order valence-corrected chi connectivity index (χ4v) is 2.34. The standard InChI is InChI=1S/C17H17N3/c1-18-16(11-13-7-3-2-4-8-13)17-12-19-14-9-5-6-10-15(14)20-17/h2-10,12,16,18H,11H2,1H3. The van der Waals surface area contributed by atoms with Crippen molar-refractivity contribution in [1.82, 2.24) is 15.3 Å². The second-order valence-electron chi connectivity index (χ2n) is 4.81. The average molecular weight is 263 g/mol. The van der Waals surface area contributed by atoms with Crippen molar-refractivity contribution in [3.8, 4) is 0 Å². The number of nitrogens with one attached hydrogen (secondary N) is 1. The molecule has 100 valence electrons. The average Bonchev–Trinajstić information content (AvgIpc) is 2.53. The second-order valence-corrected chi connectivity index (χ2v) is 4.81. The van der Waals surface area contributed by atoms with Crippen molar-refractivity contribution in [2.45, 2.75) is 12.5 Å². The summed E-state index contributed by atoms with van der Waals surface area (Å²) >= 11 is 0. The van der Waals surface area contributed by atoms with Crippen molar-refractivity contribution in [2.24, 2.45) is 0 Å². The summed E-state index contributed by atoms with van der Waals surface area (Å²) in [7, 11) is 1.96. The van der Waals surface area contributed by atoms with Crippen molar-refractivity contribution >= 4 is 11.0 Å². The number of benzene rings is 2. The molecule has 1 atom stereocenters. The fraction of sp³-hybridized carbons (Fsp3) is 0.176. The maximum Gasteiger partial charge on any atom is 0.0890 e. The van der Waals surface area contributed by atoms with Gasteiger partial charge < -0.3 is 5.32 Å². The van der Waals surface area contributed by atoms with E-state index in [1.165, 1.54) is 5.56 Å². The Kier molecular flexibility index (Phi) is 3.70. The van der Waals surface area contributed by atoms with Crippen molar-refractivity contribution in [3.05, 3.63) is 72.1 Å². The number of para-hydroxylation sites is 2. The molecular weight excluding hydrogens is 246 g/mol. The van der Waals surface area contributed by atoms with Gasteiger partial charge in [0.1, 0.15) is 0 Å². The molecule has 0 saturated carbocycles. The molecule has 1 heterocycles. The van der Waals surface area contributed by atoms with Crippen LogP contribution in [0.5, 0.6) is 0 Å². The second kappa shape index (κ2) is 5.80. The number of rotatable bonds is 4. The molecule has 3 heteroatoms. The summed E-state index contributed by atoms with van der Waals surface area (Å²) in [5, 5.41) is 3.33. The highest BCUT2D eigenvalue weighted by molar-refractivity contribution is 5.73. The SMILES string of the molecule is CNC(Cc1ccccc1)c1cnc2ccccc2n1. The Morgan fingerprint density at radius 1 is 0.950 bits per heavy atom. The van der Waals surface area contributed by atoms with Crippen LogP contribution in [0.4, 0.5) is 0 Å². The predicted molar refractivity (Wildman–Crippen MR) is 81.5 cm³/mol. The summed E-state index contributed by atoms with van der Waals surface area (Å²) in [4.78, 5) is 9.21. The Hall–Kier alpha value is -2.26. The molecular formula is C17H17N3. The highest BCUT2D eigenvalue weighted by atomic mass is 14.9. The quantitative estimate of drug-likeness (QED) is 0.786. The lowest BCUT2D eigenvalue weighted by atomic mass is 10.0. The van der Waals surface area contributed by atoms with E-state index in [0.29, 0.717) is 0 Å². The fourth-order valence-electron chi connectivity index (χ4n) is 2.34. The highest BCUT2D eigenvalue weighted by Crippen LogP contribution is 2.18. The van der Waals surface area contributed by atoms with Gasteiger partial charge in [0.05, 0.1) is 29.0 Å². The molecule has 3 aromatic rings. The van der Waals surface area contributed by atoms with E-state index in [4.69, 9.17) is 4.98 Å². The number of hydrogen-bond donors (Lipinski definition) is 1. The van der Waals surface area contributed by atoms with Crippen LogP contribution in [0.3, 0.4) is 0 Å². The van der Waals surface area contributed by atoms with Gasteiger partial charge in [0.15, 0.2) is 0 Å². The highest BCUT2D eigenvalue weighted by Gasteiger charge is 2.12. The minimum atomic E-state index is 0.175. The molecule has 0 aliphatic heterocycles. The molecule has 0 spiro atoms. The molecule has 0 aliphatic rings. The van der Waals surface area contributed by atoms with Gasteiger partial charge in [-0.05, 0) is 31.2 Å². The Labute approximate surface area is 118 Å². The molecule has 2 aromatic carbocycles. The first kappa shape index (κ1) is 12.8. The van der Waals surface area contributed by atoms with Crippen molar-refractivity contribution in [1.29, 1.82) is 0 Å². The van der Waals surface area contributed by atoms with Crippen LogP contribution >= 0.6 is 0 Å². The van der Waals surface area contributed by atoms with Crippen LogP contribution in [0, 0.1) is 0 Å². The first-order valence-corrected chi connectivity index (χ1v) is 6.79. The third-order valence-electron chi connectivity index (χ3n) is 3.46. The Bertz CT molecular complexity index is 695. The maximum atomic E-state index is 4.72. The van der Waals surface area contributed by atoms with Gasteiger partial charge in [-0.15, -0.1) is 0 Å². The minimum absolute atomic E-state index is 0.175. The van der Waals surface area contributed by atoms with Gasteiger partial charge in [-0.3, -0.25) is 4.98 Å². The van der Waals surface area contributed by atoms with Gasteiger partial charge in [-0.25, -0.2) is 4.98 Å². The van der Waals surface area contributed by atoms with Crippen molar-refractivity contribution in [3.63, 3.8) is 0 Å². The number of likely N-dealkylation sites (N-methyl/N-ethyl adjacent to an activating group) is 1. The summed E-state index contributed by atoms with van der Waals surface area (Å²) in [6.07, 6.45) is 2.77. The first-order valence-electron chi connectivity index (χ1n) is 6.79. The lowest BCUT2D eigenvalue weighted by Gasteiger charge is -2.15. The van der Waals surface area contributed by atoms with E-state index in [-0.39, 0.29) is 6.04 Å². The lowest BCUT2D eigenvalue weighted by Crippen LogP contribution is -2.20. The van der Waals surface area contributed by atoms with Crippen LogP contribution in [0.25, 0.3) is 11.0 Å². The van der Waals surface area contributed by atoms with Gasteiger partial charge in [0.25, 0.3) is 0 Å². The molecule has 0 bridgehead atoms. The molecule has 3 rings (SSSR count). The Morgan fingerprint density at radius 2 is 1.65 bits per heavy atom. The molecule has 1 unspecified atom stereocenters. The van der Waals surface area contributed by atoms with E-state index in [9.17, 15) is 0 Å². The van der Waals surface area contributed by atoms with E-state index in [1.54, 1.807) is 0 Å². The van der Waals surface area contributed by atoms with E-state index in [2.05, 4.69) is 34.6 Å². The topological polar surface area (TPSA) is 37.8 Å². The van der Waals surface area contributed by atoms with Crippen LogP contribution in [-0.4, -0.2) is 17.0 Å². The summed E-state index contributed by atoms with van der Waals surface area (Å²) in [6.45, 7) is 0. The van der Waals surface area contributed by atoms with Crippen molar-refractivity contribution < 1.29 is 0 Å². The summed E-state index contributed by atoms with van der Waals surface area (Å²) in [5.41, 5.74) is 4.15. The monoisotopic (exact) mass is 263 g/mol. The molecule has 1 aromatic heterocycles. The van der Waals surface area contributed by atoms with Gasteiger partial charge in [-0.1, -0.05) is 42.5 Å². The number of aromatic nitrogens is 2. The molecule has 20 heavy (non-hydrogen) atoms. The first-order chi connectivity index (χ1) is 9.86. The van der Waals surface area contributed by atoms with Crippen LogP contribution in [0.2, 0.25) is 0 Å². The van der Waals surface area contributed by atoms with E-state index in [0.717, 1.165) is 23.1 Å². The normalized spacial score (nSPS) is 12.4.